The van der Waals surface area contributed by atoms with Gasteiger partial charge in [-0.1, -0.05) is 91.0 Å². The first kappa shape index (κ1) is 21.4. The second kappa shape index (κ2) is 8.90. The predicted octanol–water partition coefficient (Wildman–Crippen LogP) is 9.76. The molecule has 6 rings (SSSR count). The summed E-state index contributed by atoms with van der Waals surface area (Å²) in [4.78, 5) is 4.14. The number of rotatable bonds is 5. The third-order valence-corrected chi connectivity index (χ3v) is 6.87. The van der Waals surface area contributed by atoms with Gasteiger partial charge in [0.1, 0.15) is 0 Å². The van der Waals surface area contributed by atoms with Crippen molar-refractivity contribution in [2.45, 2.75) is 0 Å². The lowest BCUT2D eigenvalue weighted by Gasteiger charge is -2.18. The van der Waals surface area contributed by atoms with E-state index in [0.717, 1.165) is 21.9 Å². The summed E-state index contributed by atoms with van der Waals surface area (Å²) in [6, 6.07) is 38.0. The monoisotopic (exact) mass is 472 g/mol. The number of nitrogens with zero attached hydrogens (tertiary/aromatic N) is 1. The Morgan fingerprint density at radius 1 is 0.600 bits per heavy atom. The van der Waals surface area contributed by atoms with Crippen molar-refractivity contribution in [3.8, 4) is 22.3 Å². The van der Waals surface area contributed by atoms with E-state index in [1.165, 1.54) is 32.7 Å². The van der Waals surface area contributed by atoms with Gasteiger partial charge in [0.25, 0.3) is 0 Å². The molecule has 0 saturated heterocycles. The quantitative estimate of drug-likeness (QED) is 0.153. The minimum absolute atomic E-state index is 0.0535. The molecule has 0 atom stereocenters. The molecule has 0 radical (unpaired) electrons. The van der Waals surface area contributed by atoms with E-state index in [1.807, 2.05) is 18.2 Å². The Bertz CT molecular complexity index is 1690. The van der Waals surface area contributed by atoms with E-state index in [9.17, 15) is 3.89 Å². The van der Waals surface area contributed by atoms with Crippen LogP contribution in [-0.4, -0.2) is 6.72 Å². The van der Waals surface area contributed by atoms with Gasteiger partial charge in [0.2, 0.25) is 0 Å². The number of benzene rings is 6. The van der Waals surface area contributed by atoms with Gasteiger partial charge in [-0.05, 0) is 79.5 Å². The van der Waals surface area contributed by atoms with E-state index in [1.54, 1.807) is 0 Å². The average Bonchev–Trinajstić information content (AvgIpc) is 2.92. The third-order valence-electron chi connectivity index (χ3n) is 6.57. The molecule has 2 nitrogen and oxygen atoms in total. The SMILES string of the molecule is C=Nc1cc(-c2c3ccccc3c(-c3ccc4ccccc4c3)c3ccccc23)ccc1NSF. The van der Waals surface area contributed by atoms with Crippen LogP contribution in [-0.2, 0) is 0 Å². The van der Waals surface area contributed by atoms with Gasteiger partial charge in [0.05, 0.1) is 11.4 Å². The van der Waals surface area contributed by atoms with Gasteiger partial charge in [-0.3, -0.25) is 4.99 Å². The molecule has 1 N–H and O–H groups in total. The zero-order chi connectivity index (χ0) is 23.8. The van der Waals surface area contributed by atoms with Crippen molar-refractivity contribution in [3.63, 3.8) is 0 Å². The first-order valence-corrected chi connectivity index (χ1v) is 12.1. The molecule has 0 amide bonds. The van der Waals surface area contributed by atoms with Crippen molar-refractivity contribution in [1.82, 2.24) is 0 Å². The Kier molecular flexibility index (Phi) is 5.44. The highest BCUT2D eigenvalue weighted by atomic mass is 32.2. The zero-order valence-electron chi connectivity index (χ0n) is 18.8. The van der Waals surface area contributed by atoms with Crippen molar-refractivity contribution in [2.75, 3.05) is 4.72 Å². The van der Waals surface area contributed by atoms with Crippen LogP contribution in [0.5, 0.6) is 0 Å². The maximum atomic E-state index is 12.9. The molecule has 6 aromatic carbocycles. The van der Waals surface area contributed by atoms with Crippen LogP contribution < -0.4 is 4.72 Å². The number of nitrogens with one attached hydrogen (secondary N) is 1. The van der Waals surface area contributed by atoms with Gasteiger partial charge >= 0.3 is 0 Å². The molecular weight excluding hydrogens is 451 g/mol. The van der Waals surface area contributed by atoms with Gasteiger partial charge in [-0.15, -0.1) is 3.89 Å². The van der Waals surface area contributed by atoms with Crippen molar-refractivity contribution >= 4 is 62.7 Å². The maximum Gasteiger partial charge on any atom is 0.162 e. The van der Waals surface area contributed by atoms with Crippen molar-refractivity contribution in [1.29, 1.82) is 0 Å². The van der Waals surface area contributed by atoms with Gasteiger partial charge in [0, 0.05) is 0 Å². The molecule has 0 heterocycles. The van der Waals surface area contributed by atoms with E-state index in [0.29, 0.717) is 11.4 Å². The minimum Gasteiger partial charge on any atom is -0.300 e. The summed E-state index contributed by atoms with van der Waals surface area (Å²) in [6.45, 7) is 3.69. The second-order valence-corrected chi connectivity index (χ2v) is 8.83. The highest BCUT2D eigenvalue weighted by Gasteiger charge is 2.17. The van der Waals surface area contributed by atoms with E-state index >= 15 is 0 Å². The summed E-state index contributed by atoms with van der Waals surface area (Å²) < 4.78 is 15.5. The minimum atomic E-state index is 0.0535. The van der Waals surface area contributed by atoms with E-state index in [4.69, 9.17) is 0 Å². The van der Waals surface area contributed by atoms with Crippen LogP contribution in [0.2, 0.25) is 0 Å². The lowest BCUT2D eigenvalue weighted by atomic mass is 9.85. The number of aliphatic imine (C=N–C) groups is 1. The Balaban J connectivity index is 1.70. The summed E-state index contributed by atoms with van der Waals surface area (Å²) in [6.07, 6.45) is 0. The molecule has 0 aromatic heterocycles. The molecule has 0 aliphatic heterocycles. The standard InChI is InChI=1S/C31H21FN2S/c1-33-29-19-23(16-17-28(29)34-35-32)31-26-12-6-4-10-24(26)30(25-11-5-7-13-27(25)31)22-15-14-20-8-2-3-9-21(20)18-22/h2-19,34H,1H2. The van der Waals surface area contributed by atoms with Crippen LogP contribution in [0.1, 0.15) is 0 Å². The first-order valence-electron chi connectivity index (χ1n) is 11.4. The van der Waals surface area contributed by atoms with Crippen molar-refractivity contribution in [3.05, 3.63) is 109 Å². The molecule has 0 aliphatic carbocycles. The van der Waals surface area contributed by atoms with Crippen LogP contribution in [0.25, 0.3) is 54.6 Å². The zero-order valence-corrected chi connectivity index (χ0v) is 19.6. The molecule has 0 saturated carbocycles. The summed E-state index contributed by atoms with van der Waals surface area (Å²) in [5.41, 5.74) is 5.76. The molecular formula is C31H21FN2S. The van der Waals surface area contributed by atoms with Crippen molar-refractivity contribution in [2.24, 2.45) is 4.99 Å². The van der Waals surface area contributed by atoms with Gasteiger partial charge < -0.3 is 4.72 Å². The van der Waals surface area contributed by atoms with E-state index in [2.05, 4.69) is 107 Å². The molecule has 35 heavy (non-hydrogen) atoms. The van der Waals surface area contributed by atoms with E-state index in [-0.39, 0.29) is 12.3 Å². The Morgan fingerprint density at radius 2 is 1.11 bits per heavy atom. The van der Waals surface area contributed by atoms with Crippen LogP contribution in [0.15, 0.2) is 114 Å². The fraction of sp³-hybridized carbons (Fsp3) is 0. The lowest BCUT2D eigenvalue weighted by molar-refractivity contribution is 0.943. The first-order chi connectivity index (χ1) is 17.3. The average molecular weight is 473 g/mol. The molecule has 0 unspecified atom stereocenters. The lowest BCUT2D eigenvalue weighted by Crippen LogP contribution is -1.91. The molecule has 0 bridgehead atoms. The topological polar surface area (TPSA) is 24.4 Å². The second-order valence-electron chi connectivity index (χ2n) is 8.47. The molecule has 168 valence electrons. The summed E-state index contributed by atoms with van der Waals surface area (Å²) in [5.74, 6) is 0. The Labute approximate surface area is 207 Å². The van der Waals surface area contributed by atoms with Gasteiger partial charge in [-0.25, -0.2) is 0 Å². The highest BCUT2D eigenvalue weighted by Crippen LogP contribution is 2.45. The number of fused-ring (bicyclic) bond motifs is 3. The summed E-state index contributed by atoms with van der Waals surface area (Å²) in [7, 11) is 0. The predicted molar refractivity (Wildman–Crippen MR) is 151 cm³/mol. The van der Waals surface area contributed by atoms with Crippen LogP contribution >= 0.6 is 12.3 Å². The molecule has 4 heteroatoms. The molecule has 0 aliphatic rings. The normalized spacial score (nSPS) is 11.2. The van der Waals surface area contributed by atoms with Gasteiger partial charge in [-0.2, -0.15) is 0 Å². The molecule has 6 aromatic rings. The van der Waals surface area contributed by atoms with Crippen molar-refractivity contribution < 1.29 is 3.89 Å². The number of halogens is 1. The fourth-order valence-electron chi connectivity index (χ4n) is 5.04. The number of hydrogen-bond acceptors (Lipinski definition) is 3. The third kappa shape index (κ3) is 3.63. The van der Waals surface area contributed by atoms with Crippen LogP contribution in [0.4, 0.5) is 15.3 Å². The Morgan fingerprint density at radius 3 is 1.69 bits per heavy atom. The fourth-order valence-corrected chi connectivity index (χ4v) is 5.30. The summed E-state index contributed by atoms with van der Waals surface area (Å²) in [5, 5.41) is 7.14. The van der Waals surface area contributed by atoms with Crippen LogP contribution in [0, 0.1) is 0 Å². The van der Waals surface area contributed by atoms with Gasteiger partial charge in [0.15, 0.2) is 12.3 Å². The van der Waals surface area contributed by atoms with Crippen LogP contribution in [0.3, 0.4) is 0 Å². The molecule has 0 fully saturated rings. The highest BCUT2D eigenvalue weighted by molar-refractivity contribution is 7.95. The smallest absolute Gasteiger partial charge is 0.162 e. The maximum absolute atomic E-state index is 12.9. The summed E-state index contributed by atoms with van der Waals surface area (Å²) >= 11 is 0.0535. The number of anilines is 1. The number of hydrogen-bond donors (Lipinski definition) is 1. The van der Waals surface area contributed by atoms with E-state index < -0.39 is 0 Å². The Hall–Kier alpha value is -4.15. The molecule has 0 spiro atoms. The largest absolute Gasteiger partial charge is 0.300 e.